The fraction of sp³-hybridized carbons (Fsp3) is 0.188. The molecule has 0 radical (unpaired) electrons. The lowest BCUT2D eigenvalue weighted by molar-refractivity contribution is 0.410. The summed E-state index contributed by atoms with van der Waals surface area (Å²) in [5, 5.41) is 12.4. The second-order valence-corrected chi connectivity index (χ2v) is 6.93. The number of tetrazole rings is 1. The van der Waals surface area contributed by atoms with Crippen LogP contribution in [0.15, 0.2) is 46.0 Å². The monoisotopic (exact) mass is 408 g/mol. The first-order valence-electron chi connectivity index (χ1n) is 7.08. The molecule has 8 heteroatoms. The predicted octanol–water partition coefficient (Wildman–Crippen LogP) is 4.17. The number of ether oxygens (including phenoxy) is 1. The molecule has 0 spiro atoms. The van der Waals surface area contributed by atoms with Gasteiger partial charge in [0.05, 0.1) is 7.11 Å². The van der Waals surface area contributed by atoms with Crippen molar-refractivity contribution in [3.63, 3.8) is 0 Å². The lowest BCUT2D eigenvalue weighted by Crippen LogP contribution is -2.02. The summed E-state index contributed by atoms with van der Waals surface area (Å²) >= 11 is 4.62. The first-order valence-corrected chi connectivity index (χ1v) is 8.86. The minimum absolute atomic E-state index is 0.260. The summed E-state index contributed by atoms with van der Waals surface area (Å²) in [7, 11) is 1.60. The van der Waals surface area contributed by atoms with Crippen LogP contribution >= 0.6 is 27.7 Å². The zero-order valence-electron chi connectivity index (χ0n) is 13.0. The zero-order valence-corrected chi connectivity index (χ0v) is 15.4. The molecule has 0 aliphatic rings. The van der Waals surface area contributed by atoms with E-state index in [4.69, 9.17) is 4.74 Å². The lowest BCUT2D eigenvalue weighted by Gasteiger charge is -2.10. The van der Waals surface area contributed by atoms with Crippen LogP contribution in [0.4, 0.5) is 4.39 Å². The van der Waals surface area contributed by atoms with E-state index in [9.17, 15) is 4.39 Å². The molecule has 0 aliphatic heterocycles. The molecule has 0 saturated carbocycles. The van der Waals surface area contributed by atoms with Gasteiger partial charge in [-0.3, -0.25) is 0 Å². The van der Waals surface area contributed by atoms with E-state index < -0.39 is 0 Å². The van der Waals surface area contributed by atoms with Gasteiger partial charge in [-0.2, -0.15) is 4.68 Å². The summed E-state index contributed by atoms with van der Waals surface area (Å²) < 4.78 is 21.7. The van der Waals surface area contributed by atoms with Crippen LogP contribution in [0.2, 0.25) is 0 Å². The average Bonchev–Trinajstić information content (AvgIpc) is 3.02. The maximum absolute atomic E-state index is 14.0. The SMILES string of the molecule is COc1ccc(C)cc1-n1nnnc1SCc1ccc(Br)cc1F. The lowest BCUT2D eigenvalue weighted by atomic mass is 10.2. The Bertz CT molecular complexity index is 871. The van der Waals surface area contributed by atoms with Crippen molar-refractivity contribution in [2.24, 2.45) is 0 Å². The molecule has 0 unspecified atom stereocenters. The van der Waals surface area contributed by atoms with Crippen molar-refractivity contribution in [3.05, 3.63) is 57.8 Å². The molecule has 0 aliphatic carbocycles. The Morgan fingerprint density at radius 2 is 2.08 bits per heavy atom. The molecular formula is C16H14BrFN4OS. The van der Waals surface area contributed by atoms with Crippen LogP contribution in [0.3, 0.4) is 0 Å². The third-order valence-electron chi connectivity index (χ3n) is 3.38. The number of nitrogens with zero attached hydrogens (tertiary/aromatic N) is 4. The van der Waals surface area contributed by atoms with Gasteiger partial charge in [0.15, 0.2) is 0 Å². The minimum Gasteiger partial charge on any atom is -0.494 e. The van der Waals surface area contributed by atoms with Crippen LogP contribution < -0.4 is 4.74 Å². The maximum atomic E-state index is 14.0. The zero-order chi connectivity index (χ0) is 17.1. The third-order valence-corrected chi connectivity index (χ3v) is 4.84. The Morgan fingerprint density at radius 1 is 1.25 bits per heavy atom. The molecule has 5 nitrogen and oxygen atoms in total. The second-order valence-electron chi connectivity index (χ2n) is 5.07. The Hall–Kier alpha value is -1.93. The summed E-state index contributed by atoms with van der Waals surface area (Å²) in [6.45, 7) is 1.98. The molecule has 2 aromatic carbocycles. The van der Waals surface area contributed by atoms with Crippen LogP contribution in [0.5, 0.6) is 5.75 Å². The van der Waals surface area contributed by atoms with E-state index in [0.717, 1.165) is 11.3 Å². The fourth-order valence-corrected chi connectivity index (χ4v) is 3.37. The van der Waals surface area contributed by atoms with Crippen LogP contribution in [-0.2, 0) is 5.75 Å². The Labute approximate surface area is 151 Å². The number of hydrogen-bond donors (Lipinski definition) is 0. The third kappa shape index (κ3) is 3.59. The van der Waals surface area contributed by atoms with Gasteiger partial charge in [-0.1, -0.05) is 39.8 Å². The standard InChI is InChI=1S/C16H14BrFN4OS/c1-10-3-6-15(23-2)14(7-10)22-16(19-20-21-22)24-9-11-4-5-12(17)8-13(11)18/h3-8H,9H2,1-2H3. The van der Waals surface area contributed by atoms with E-state index in [-0.39, 0.29) is 5.82 Å². The topological polar surface area (TPSA) is 52.8 Å². The van der Waals surface area contributed by atoms with E-state index in [0.29, 0.717) is 26.7 Å². The summed E-state index contributed by atoms with van der Waals surface area (Å²) in [6.07, 6.45) is 0. The van der Waals surface area contributed by atoms with Crippen molar-refractivity contribution in [1.29, 1.82) is 0 Å². The summed E-state index contributed by atoms with van der Waals surface area (Å²) in [5.41, 5.74) is 2.41. The Balaban J connectivity index is 1.87. The number of methoxy groups -OCH3 is 1. The highest BCUT2D eigenvalue weighted by Crippen LogP contribution is 2.29. The number of hydrogen-bond acceptors (Lipinski definition) is 5. The number of rotatable bonds is 5. The second kappa shape index (κ2) is 7.31. The van der Waals surface area contributed by atoms with Crippen LogP contribution in [0, 0.1) is 12.7 Å². The van der Waals surface area contributed by atoms with E-state index in [1.54, 1.807) is 17.9 Å². The van der Waals surface area contributed by atoms with E-state index in [1.807, 2.05) is 31.2 Å². The number of thioether (sulfide) groups is 1. The average molecular weight is 409 g/mol. The van der Waals surface area contributed by atoms with Crippen molar-refractivity contribution in [3.8, 4) is 11.4 Å². The number of halogens is 2. The van der Waals surface area contributed by atoms with Gasteiger partial charge in [-0.25, -0.2) is 4.39 Å². The Morgan fingerprint density at radius 3 is 2.83 bits per heavy atom. The highest BCUT2D eigenvalue weighted by atomic mass is 79.9. The first-order chi connectivity index (χ1) is 11.6. The normalized spacial score (nSPS) is 10.8. The molecule has 1 aromatic heterocycles. The first kappa shape index (κ1) is 16.9. The molecule has 3 rings (SSSR count). The van der Waals surface area contributed by atoms with Crippen LogP contribution in [0.1, 0.15) is 11.1 Å². The van der Waals surface area contributed by atoms with Gasteiger partial charge in [-0.05, 0) is 52.7 Å². The Kier molecular flexibility index (Phi) is 5.15. The largest absolute Gasteiger partial charge is 0.494 e. The molecule has 1 heterocycles. The molecule has 124 valence electrons. The predicted molar refractivity (Wildman–Crippen MR) is 94.1 cm³/mol. The molecule has 0 fully saturated rings. The quantitative estimate of drug-likeness (QED) is 0.592. The summed E-state index contributed by atoms with van der Waals surface area (Å²) in [5.74, 6) is 0.835. The molecule has 0 amide bonds. The molecule has 0 N–H and O–H groups in total. The van der Waals surface area contributed by atoms with E-state index in [2.05, 4.69) is 31.5 Å². The molecule has 0 atom stereocenters. The molecule has 0 bridgehead atoms. The van der Waals surface area contributed by atoms with Crippen molar-refractivity contribution in [1.82, 2.24) is 20.2 Å². The highest BCUT2D eigenvalue weighted by Gasteiger charge is 2.14. The molecule has 24 heavy (non-hydrogen) atoms. The molecule has 0 saturated heterocycles. The van der Waals surface area contributed by atoms with Crippen LogP contribution in [0.25, 0.3) is 5.69 Å². The number of aryl methyl sites for hydroxylation is 1. The van der Waals surface area contributed by atoms with Gasteiger partial charge in [-0.15, -0.1) is 5.10 Å². The molecular weight excluding hydrogens is 395 g/mol. The fourth-order valence-electron chi connectivity index (χ4n) is 2.17. The summed E-state index contributed by atoms with van der Waals surface area (Å²) in [4.78, 5) is 0. The minimum atomic E-state index is -0.260. The maximum Gasteiger partial charge on any atom is 0.214 e. The van der Waals surface area contributed by atoms with Crippen molar-refractivity contribution >= 4 is 27.7 Å². The van der Waals surface area contributed by atoms with Gasteiger partial charge in [0, 0.05) is 10.2 Å². The van der Waals surface area contributed by atoms with Crippen molar-refractivity contribution in [2.45, 2.75) is 17.8 Å². The number of aromatic nitrogens is 4. The smallest absolute Gasteiger partial charge is 0.214 e. The van der Waals surface area contributed by atoms with Crippen molar-refractivity contribution in [2.75, 3.05) is 7.11 Å². The highest BCUT2D eigenvalue weighted by molar-refractivity contribution is 9.10. The molecule has 3 aromatic rings. The van der Waals surface area contributed by atoms with Gasteiger partial charge >= 0.3 is 0 Å². The van der Waals surface area contributed by atoms with Gasteiger partial charge in [0.25, 0.3) is 0 Å². The number of benzene rings is 2. The van der Waals surface area contributed by atoms with E-state index in [1.165, 1.54) is 17.8 Å². The van der Waals surface area contributed by atoms with Gasteiger partial charge < -0.3 is 4.74 Å². The van der Waals surface area contributed by atoms with E-state index >= 15 is 0 Å². The summed E-state index contributed by atoms with van der Waals surface area (Å²) in [6, 6.07) is 10.8. The van der Waals surface area contributed by atoms with Crippen molar-refractivity contribution < 1.29 is 9.13 Å². The van der Waals surface area contributed by atoms with Gasteiger partial charge in [0.1, 0.15) is 17.3 Å². The van der Waals surface area contributed by atoms with Crippen LogP contribution in [-0.4, -0.2) is 27.3 Å². The van der Waals surface area contributed by atoms with Gasteiger partial charge in [0.2, 0.25) is 5.16 Å².